The van der Waals surface area contributed by atoms with Gasteiger partial charge in [-0.25, -0.2) is 0 Å². The number of amides is 1. The van der Waals surface area contributed by atoms with E-state index < -0.39 is 6.04 Å². The number of carbonyl (C=O) groups excluding carboxylic acids is 1. The summed E-state index contributed by atoms with van der Waals surface area (Å²) in [6.07, 6.45) is 4.85. The van der Waals surface area contributed by atoms with Gasteiger partial charge in [0.2, 0.25) is 5.91 Å². The number of rotatable bonds is 5. The van der Waals surface area contributed by atoms with Crippen LogP contribution in [0.5, 0.6) is 0 Å². The van der Waals surface area contributed by atoms with E-state index in [-0.39, 0.29) is 17.4 Å². The molecule has 0 radical (unpaired) electrons. The van der Waals surface area contributed by atoms with Gasteiger partial charge >= 0.3 is 0 Å². The maximum atomic E-state index is 12.0. The highest BCUT2D eigenvalue weighted by molar-refractivity contribution is 5.81. The van der Waals surface area contributed by atoms with Gasteiger partial charge in [0, 0.05) is 12.1 Å². The third kappa shape index (κ3) is 4.18. The highest BCUT2D eigenvalue weighted by atomic mass is 16.2. The maximum absolute atomic E-state index is 12.0. The molecule has 1 amide bonds. The Morgan fingerprint density at radius 1 is 1.47 bits per heavy atom. The lowest BCUT2D eigenvalue weighted by molar-refractivity contribution is -0.124. The van der Waals surface area contributed by atoms with Crippen molar-refractivity contribution in [2.45, 2.75) is 58.0 Å². The van der Waals surface area contributed by atoms with Crippen molar-refractivity contribution < 1.29 is 4.79 Å². The smallest absolute Gasteiger partial charge is 0.237 e. The lowest BCUT2D eigenvalue weighted by atomic mass is 9.75. The van der Waals surface area contributed by atoms with Gasteiger partial charge in [-0.3, -0.25) is 4.79 Å². The van der Waals surface area contributed by atoms with E-state index >= 15 is 0 Å². The zero-order valence-corrected chi connectivity index (χ0v) is 13.2. The Bertz CT molecular complexity index is 304. The zero-order chi connectivity index (χ0) is 14.6. The molecule has 3 unspecified atom stereocenters. The second kappa shape index (κ2) is 6.71. The van der Waals surface area contributed by atoms with Crippen molar-refractivity contribution in [3.63, 3.8) is 0 Å². The molecule has 0 aromatic rings. The summed E-state index contributed by atoms with van der Waals surface area (Å²) in [4.78, 5) is 14.3. The van der Waals surface area contributed by atoms with Crippen LogP contribution in [0.3, 0.4) is 0 Å². The number of hydrogen-bond donors (Lipinski definition) is 2. The Morgan fingerprint density at radius 3 is 2.58 bits per heavy atom. The normalized spacial score (nSPS) is 29.6. The predicted molar refractivity (Wildman–Crippen MR) is 79.9 cm³/mol. The summed E-state index contributed by atoms with van der Waals surface area (Å²) in [5, 5.41) is 3.07. The molecule has 1 aliphatic carbocycles. The molecule has 0 aromatic heterocycles. The fraction of sp³-hybridized carbons (Fsp3) is 0.933. The van der Waals surface area contributed by atoms with Gasteiger partial charge in [0.25, 0.3) is 0 Å². The third-order valence-electron chi connectivity index (χ3n) is 4.63. The largest absolute Gasteiger partial charge is 0.353 e. The van der Waals surface area contributed by atoms with E-state index in [1.807, 2.05) is 13.8 Å². The Kier molecular flexibility index (Phi) is 5.81. The molecule has 0 bridgehead atoms. The molecule has 1 saturated carbocycles. The van der Waals surface area contributed by atoms with Gasteiger partial charge < -0.3 is 16.0 Å². The van der Waals surface area contributed by atoms with E-state index in [0.29, 0.717) is 6.54 Å². The summed E-state index contributed by atoms with van der Waals surface area (Å²) in [7, 11) is 4.24. The molecule has 0 spiro atoms. The first-order chi connectivity index (χ1) is 8.78. The van der Waals surface area contributed by atoms with E-state index in [1.165, 1.54) is 12.8 Å². The van der Waals surface area contributed by atoms with Crippen LogP contribution in [0.1, 0.15) is 46.5 Å². The van der Waals surface area contributed by atoms with Crippen LogP contribution < -0.4 is 11.1 Å². The van der Waals surface area contributed by atoms with E-state index in [1.54, 1.807) is 0 Å². The second-order valence-corrected chi connectivity index (χ2v) is 6.81. The summed E-state index contributed by atoms with van der Waals surface area (Å²) in [5.74, 6) is 0.891. The SMILES string of the molecule is CC1CCCC(CNC(=O)C(N)C(C)C)(N(C)C)C1. The van der Waals surface area contributed by atoms with Gasteiger partial charge in [-0.1, -0.05) is 33.6 Å². The fourth-order valence-electron chi connectivity index (χ4n) is 3.03. The first kappa shape index (κ1) is 16.4. The zero-order valence-electron chi connectivity index (χ0n) is 13.2. The predicted octanol–water partition coefficient (Wildman–Crippen LogP) is 1.60. The van der Waals surface area contributed by atoms with E-state index in [0.717, 1.165) is 18.8 Å². The Morgan fingerprint density at radius 2 is 2.11 bits per heavy atom. The summed E-state index contributed by atoms with van der Waals surface area (Å²) in [6, 6.07) is -0.403. The summed E-state index contributed by atoms with van der Waals surface area (Å²) in [5.41, 5.74) is 6.00. The minimum atomic E-state index is -0.403. The van der Waals surface area contributed by atoms with Crippen LogP contribution in [0.4, 0.5) is 0 Å². The van der Waals surface area contributed by atoms with Crippen LogP contribution in [-0.4, -0.2) is 43.0 Å². The maximum Gasteiger partial charge on any atom is 0.237 e. The first-order valence-electron chi connectivity index (χ1n) is 7.49. The molecule has 0 aromatic carbocycles. The third-order valence-corrected chi connectivity index (χ3v) is 4.63. The van der Waals surface area contributed by atoms with E-state index in [2.05, 4.69) is 31.2 Å². The molecule has 1 rings (SSSR count). The number of hydrogen-bond acceptors (Lipinski definition) is 3. The molecular weight excluding hydrogens is 238 g/mol. The van der Waals surface area contributed by atoms with Crippen molar-refractivity contribution in [2.75, 3.05) is 20.6 Å². The van der Waals surface area contributed by atoms with Gasteiger partial charge in [-0.15, -0.1) is 0 Å². The highest BCUT2D eigenvalue weighted by Crippen LogP contribution is 2.35. The van der Waals surface area contributed by atoms with Gasteiger partial charge in [0.15, 0.2) is 0 Å². The monoisotopic (exact) mass is 269 g/mol. The standard InChI is InChI=1S/C15H31N3O/c1-11(2)13(16)14(19)17-10-15(18(4)5)8-6-7-12(3)9-15/h11-13H,6-10,16H2,1-5H3,(H,17,19). The number of nitrogens with two attached hydrogens (primary N) is 1. The molecule has 4 heteroatoms. The average molecular weight is 269 g/mol. The van der Waals surface area contributed by atoms with Gasteiger partial charge in [-0.2, -0.15) is 0 Å². The van der Waals surface area contributed by atoms with Crippen LogP contribution in [0.2, 0.25) is 0 Å². The van der Waals surface area contributed by atoms with Crippen LogP contribution in [0.25, 0.3) is 0 Å². The summed E-state index contributed by atoms with van der Waals surface area (Å²) >= 11 is 0. The van der Waals surface area contributed by atoms with E-state index in [9.17, 15) is 4.79 Å². The van der Waals surface area contributed by atoms with Crippen molar-refractivity contribution in [3.05, 3.63) is 0 Å². The second-order valence-electron chi connectivity index (χ2n) is 6.81. The van der Waals surface area contributed by atoms with Crippen molar-refractivity contribution >= 4 is 5.91 Å². The van der Waals surface area contributed by atoms with E-state index in [4.69, 9.17) is 5.73 Å². The van der Waals surface area contributed by atoms with Crippen LogP contribution in [-0.2, 0) is 4.79 Å². The number of nitrogens with zero attached hydrogens (tertiary/aromatic N) is 1. The molecule has 0 saturated heterocycles. The topological polar surface area (TPSA) is 58.4 Å². The lowest BCUT2D eigenvalue weighted by Gasteiger charge is -2.45. The van der Waals surface area contributed by atoms with Gasteiger partial charge in [0.1, 0.15) is 0 Å². The van der Waals surface area contributed by atoms with Crippen molar-refractivity contribution in [1.82, 2.24) is 10.2 Å². The molecule has 3 N–H and O–H groups in total. The molecular formula is C15H31N3O. The quantitative estimate of drug-likeness (QED) is 0.797. The number of carbonyl (C=O) groups is 1. The lowest BCUT2D eigenvalue weighted by Crippen LogP contribution is -2.57. The number of nitrogens with one attached hydrogen (secondary N) is 1. The molecule has 1 fully saturated rings. The van der Waals surface area contributed by atoms with Gasteiger partial charge in [0.05, 0.1) is 6.04 Å². The Labute approximate surface area is 118 Å². The molecule has 0 aliphatic heterocycles. The fourth-order valence-corrected chi connectivity index (χ4v) is 3.03. The highest BCUT2D eigenvalue weighted by Gasteiger charge is 2.37. The number of likely N-dealkylation sites (N-methyl/N-ethyl adjacent to an activating group) is 1. The minimum Gasteiger partial charge on any atom is -0.353 e. The molecule has 0 heterocycles. The van der Waals surface area contributed by atoms with Crippen molar-refractivity contribution in [1.29, 1.82) is 0 Å². The van der Waals surface area contributed by atoms with Crippen molar-refractivity contribution in [2.24, 2.45) is 17.6 Å². The Hall–Kier alpha value is -0.610. The first-order valence-corrected chi connectivity index (χ1v) is 7.49. The molecule has 19 heavy (non-hydrogen) atoms. The molecule has 1 aliphatic rings. The average Bonchev–Trinajstić information content (AvgIpc) is 2.34. The van der Waals surface area contributed by atoms with Crippen LogP contribution in [0, 0.1) is 11.8 Å². The summed E-state index contributed by atoms with van der Waals surface area (Å²) in [6.45, 7) is 6.98. The summed E-state index contributed by atoms with van der Waals surface area (Å²) < 4.78 is 0. The van der Waals surface area contributed by atoms with Gasteiger partial charge in [-0.05, 0) is 38.8 Å². The minimum absolute atomic E-state index is 0.0190. The van der Waals surface area contributed by atoms with Crippen LogP contribution >= 0.6 is 0 Å². The Balaban J connectivity index is 2.62. The molecule has 4 nitrogen and oxygen atoms in total. The van der Waals surface area contributed by atoms with Crippen molar-refractivity contribution in [3.8, 4) is 0 Å². The van der Waals surface area contributed by atoms with Crippen LogP contribution in [0.15, 0.2) is 0 Å². The molecule has 3 atom stereocenters. The molecule has 112 valence electrons.